The number of nitrogens with zero attached hydrogens (tertiary/aromatic N) is 1. The first-order valence-electron chi connectivity index (χ1n) is 6.51. The van der Waals surface area contributed by atoms with Crippen molar-refractivity contribution in [2.45, 2.75) is 19.6 Å². The molecular weight excluding hydrogens is 262 g/mol. The lowest BCUT2D eigenvalue weighted by atomic mass is 10.2. The summed E-state index contributed by atoms with van der Waals surface area (Å²) in [7, 11) is -3.28. The molecule has 0 amide bonds. The van der Waals surface area contributed by atoms with Crippen molar-refractivity contribution in [3.05, 3.63) is 29.8 Å². The third-order valence-electron chi connectivity index (χ3n) is 2.98. The van der Waals surface area contributed by atoms with Crippen molar-refractivity contribution in [2.24, 2.45) is 0 Å². The van der Waals surface area contributed by atoms with E-state index in [0.717, 1.165) is 25.2 Å². The van der Waals surface area contributed by atoms with Crippen LogP contribution in [-0.4, -0.2) is 39.5 Å². The SMILES string of the molecule is CCN(CC)CCNS(=O)(=O)Cc1ccc(N)cc1. The number of anilines is 1. The summed E-state index contributed by atoms with van der Waals surface area (Å²) in [5.41, 5.74) is 6.94. The normalized spacial score (nSPS) is 11.9. The van der Waals surface area contributed by atoms with Gasteiger partial charge in [-0.3, -0.25) is 0 Å². The van der Waals surface area contributed by atoms with Gasteiger partial charge in [-0.15, -0.1) is 0 Å². The molecule has 0 aliphatic carbocycles. The van der Waals surface area contributed by atoms with Gasteiger partial charge in [0.1, 0.15) is 0 Å². The van der Waals surface area contributed by atoms with Crippen LogP contribution < -0.4 is 10.5 Å². The second kappa shape index (κ2) is 7.47. The Hall–Kier alpha value is -1.11. The Kier molecular flexibility index (Phi) is 6.27. The lowest BCUT2D eigenvalue weighted by Crippen LogP contribution is -2.35. The van der Waals surface area contributed by atoms with Crippen LogP contribution in [0, 0.1) is 0 Å². The number of nitrogens with one attached hydrogen (secondary N) is 1. The molecule has 0 fully saturated rings. The predicted octanol–water partition coefficient (Wildman–Crippen LogP) is 1.03. The molecule has 0 heterocycles. The Morgan fingerprint density at radius 3 is 2.26 bits per heavy atom. The first-order valence-corrected chi connectivity index (χ1v) is 8.16. The Balaban J connectivity index is 2.46. The molecule has 0 unspecified atom stereocenters. The third-order valence-corrected chi connectivity index (χ3v) is 4.34. The van der Waals surface area contributed by atoms with Gasteiger partial charge in [0.05, 0.1) is 5.75 Å². The number of rotatable bonds is 8. The smallest absolute Gasteiger partial charge is 0.215 e. The minimum Gasteiger partial charge on any atom is -0.399 e. The van der Waals surface area contributed by atoms with Gasteiger partial charge in [0.15, 0.2) is 0 Å². The van der Waals surface area contributed by atoms with Crippen molar-refractivity contribution in [1.82, 2.24) is 9.62 Å². The number of nitrogen functional groups attached to an aromatic ring is 1. The van der Waals surface area contributed by atoms with E-state index >= 15 is 0 Å². The van der Waals surface area contributed by atoms with Crippen LogP contribution in [0.4, 0.5) is 5.69 Å². The number of hydrogen-bond acceptors (Lipinski definition) is 4. The highest BCUT2D eigenvalue weighted by atomic mass is 32.2. The van der Waals surface area contributed by atoms with Gasteiger partial charge in [-0.25, -0.2) is 13.1 Å². The lowest BCUT2D eigenvalue weighted by Gasteiger charge is -2.18. The van der Waals surface area contributed by atoms with Crippen molar-refractivity contribution < 1.29 is 8.42 Å². The van der Waals surface area contributed by atoms with Gasteiger partial charge in [0.2, 0.25) is 10.0 Å². The number of nitrogens with two attached hydrogens (primary N) is 1. The molecule has 0 spiro atoms. The molecule has 0 saturated carbocycles. The summed E-state index contributed by atoms with van der Waals surface area (Å²) in [5.74, 6) is -0.00840. The predicted molar refractivity (Wildman–Crippen MR) is 79.3 cm³/mol. The molecule has 0 aromatic heterocycles. The molecule has 0 saturated heterocycles. The van der Waals surface area contributed by atoms with Gasteiger partial charge in [-0.2, -0.15) is 0 Å². The Labute approximate surface area is 115 Å². The second-order valence-corrected chi connectivity index (χ2v) is 6.23. The van der Waals surface area contributed by atoms with E-state index in [-0.39, 0.29) is 5.75 Å². The molecule has 0 bridgehead atoms. The molecule has 0 aliphatic rings. The van der Waals surface area contributed by atoms with Crippen LogP contribution >= 0.6 is 0 Å². The average Bonchev–Trinajstić information content (AvgIpc) is 2.37. The Morgan fingerprint density at radius 1 is 1.16 bits per heavy atom. The summed E-state index contributed by atoms with van der Waals surface area (Å²) in [6.45, 7) is 7.15. The van der Waals surface area contributed by atoms with Crippen molar-refractivity contribution in [2.75, 3.05) is 31.9 Å². The highest BCUT2D eigenvalue weighted by Crippen LogP contribution is 2.08. The molecule has 0 radical (unpaired) electrons. The van der Waals surface area contributed by atoms with Crippen molar-refractivity contribution in [3.63, 3.8) is 0 Å². The van der Waals surface area contributed by atoms with Crippen molar-refractivity contribution >= 4 is 15.7 Å². The first kappa shape index (κ1) is 15.9. The summed E-state index contributed by atoms with van der Waals surface area (Å²) in [4.78, 5) is 2.17. The van der Waals surface area contributed by atoms with Crippen LogP contribution in [0.2, 0.25) is 0 Å². The second-order valence-electron chi connectivity index (χ2n) is 4.42. The summed E-state index contributed by atoms with van der Waals surface area (Å²) in [5, 5.41) is 0. The molecular formula is C13H23N3O2S. The maximum absolute atomic E-state index is 11.9. The van der Waals surface area contributed by atoms with E-state index in [1.807, 2.05) is 0 Å². The highest BCUT2D eigenvalue weighted by molar-refractivity contribution is 7.88. The Bertz CT molecular complexity index is 467. The van der Waals surface area contributed by atoms with Crippen molar-refractivity contribution in [1.29, 1.82) is 0 Å². The van der Waals surface area contributed by atoms with E-state index < -0.39 is 10.0 Å². The molecule has 1 aromatic carbocycles. The van der Waals surface area contributed by atoms with E-state index in [4.69, 9.17) is 5.73 Å². The fourth-order valence-corrected chi connectivity index (χ4v) is 2.92. The maximum atomic E-state index is 11.9. The zero-order chi connectivity index (χ0) is 14.3. The largest absolute Gasteiger partial charge is 0.399 e. The molecule has 6 heteroatoms. The van der Waals surface area contributed by atoms with Gasteiger partial charge in [0, 0.05) is 18.8 Å². The zero-order valence-electron chi connectivity index (χ0n) is 11.6. The quantitative estimate of drug-likeness (QED) is 0.700. The summed E-state index contributed by atoms with van der Waals surface area (Å²) >= 11 is 0. The summed E-state index contributed by atoms with van der Waals surface area (Å²) < 4.78 is 26.4. The topological polar surface area (TPSA) is 75.4 Å². The van der Waals surface area contributed by atoms with Gasteiger partial charge < -0.3 is 10.6 Å². The van der Waals surface area contributed by atoms with E-state index in [0.29, 0.717) is 12.2 Å². The van der Waals surface area contributed by atoms with Crippen molar-refractivity contribution in [3.8, 4) is 0 Å². The van der Waals surface area contributed by atoms with Crippen LogP contribution in [0.1, 0.15) is 19.4 Å². The minimum atomic E-state index is -3.28. The van der Waals surface area contributed by atoms with Crippen LogP contribution in [-0.2, 0) is 15.8 Å². The lowest BCUT2D eigenvalue weighted by molar-refractivity contribution is 0.309. The monoisotopic (exact) mass is 285 g/mol. The van der Waals surface area contributed by atoms with Crippen LogP contribution in [0.15, 0.2) is 24.3 Å². The fraction of sp³-hybridized carbons (Fsp3) is 0.538. The van der Waals surface area contributed by atoms with Crippen LogP contribution in [0.25, 0.3) is 0 Å². The van der Waals surface area contributed by atoms with Gasteiger partial charge in [-0.1, -0.05) is 26.0 Å². The van der Waals surface area contributed by atoms with E-state index in [1.54, 1.807) is 24.3 Å². The number of hydrogen-bond donors (Lipinski definition) is 2. The summed E-state index contributed by atoms with van der Waals surface area (Å²) in [6, 6.07) is 6.89. The molecule has 19 heavy (non-hydrogen) atoms. The fourth-order valence-electron chi connectivity index (χ4n) is 1.78. The van der Waals surface area contributed by atoms with E-state index in [9.17, 15) is 8.42 Å². The molecule has 3 N–H and O–H groups in total. The molecule has 0 aliphatic heterocycles. The first-order chi connectivity index (χ1) is 8.96. The molecule has 108 valence electrons. The molecule has 0 atom stereocenters. The third kappa shape index (κ3) is 6.04. The average molecular weight is 285 g/mol. The van der Waals surface area contributed by atoms with Crippen LogP contribution in [0.5, 0.6) is 0 Å². The zero-order valence-corrected chi connectivity index (χ0v) is 12.4. The van der Waals surface area contributed by atoms with E-state index in [1.165, 1.54) is 0 Å². The minimum absolute atomic E-state index is 0.00840. The Morgan fingerprint density at radius 2 is 1.74 bits per heavy atom. The van der Waals surface area contributed by atoms with E-state index in [2.05, 4.69) is 23.5 Å². The van der Waals surface area contributed by atoms with Gasteiger partial charge >= 0.3 is 0 Å². The molecule has 5 nitrogen and oxygen atoms in total. The number of likely N-dealkylation sites (N-methyl/N-ethyl adjacent to an activating group) is 1. The molecule has 1 rings (SSSR count). The van der Waals surface area contributed by atoms with Gasteiger partial charge in [0.25, 0.3) is 0 Å². The standard InChI is InChI=1S/C13H23N3O2S/c1-3-16(4-2)10-9-15-19(17,18)11-12-5-7-13(14)8-6-12/h5-8,15H,3-4,9-11,14H2,1-2H3. The number of benzene rings is 1. The van der Waals surface area contributed by atoms with Crippen LogP contribution in [0.3, 0.4) is 0 Å². The number of sulfonamides is 1. The molecule has 1 aromatic rings. The maximum Gasteiger partial charge on any atom is 0.215 e. The summed E-state index contributed by atoms with van der Waals surface area (Å²) in [6.07, 6.45) is 0. The highest BCUT2D eigenvalue weighted by Gasteiger charge is 2.11. The van der Waals surface area contributed by atoms with Gasteiger partial charge in [-0.05, 0) is 30.8 Å².